The molecule has 2 fully saturated rings. The third kappa shape index (κ3) is 6.09. The van der Waals surface area contributed by atoms with Crippen molar-refractivity contribution >= 4 is 27.2 Å². The zero-order valence-electron chi connectivity index (χ0n) is 23.3. The van der Waals surface area contributed by atoms with Crippen LogP contribution in [0.25, 0.3) is 20.5 Å². The van der Waals surface area contributed by atoms with Crippen LogP contribution in [0.3, 0.4) is 0 Å². The molecule has 0 saturated carbocycles. The van der Waals surface area contributed by atoms with Gasteiger partial charge in [-0.1, -0.05) is 25.1 Å². The Kier molecular flexibility index (Phi) is 8.47. The molecule has 2 saturated heterocycles. The number of nitrogens with zero attached hydrogens (tertiary/aromatic N) is 2. The Morgan fingerprint density at radius 1 is 0.875 bits per heavy atom. The van der Waals surface area contributed by atoms with E-state index in [1.54, 1.807) is 11.3 Å². The summed E-state index contributed by atoms with van der Waals surface area (Å²) in [6, 6.07) is 24.1. The topological polar surface area (TPSA) is 42.0 Å². The molecule has 2 aliphatic rings. The fourth-order valence-electron chi connectivity index (χ4n) is 5.89. The van der Waals surface area contributed by atoms with Crippen LogP contribution >= 0.6 is 11.3 Å². The summed E-state index contributed by atoms with van der Waals surface area (Å²) in [6.45, 7) is 9.39. The van der Waals surface area contributed by atoms with Crippen LogP contribution in [-0.2, 0) is 0 Å². The van der Waals surface area contributed by atoms with E-state index in [2.05, 4.69) is 41.0 Å². The van der Waals surface area contributed by atoms with Crippen molar-refractivity contribution in [2.24, 2.45) is 0 Å². The number of thiophene rings is 1. The summed E-state index contributed by atoms with van der Waals surface area (Å²) in [5, 5.41) is 1.00. The Hall–Kier alpha value is -3.19. The predicted molar refractivity (Wildman–Crippen MR) is 164 cm³/mol. The number of ether oxygens (including phenoxy) is 2. The van der Waals surface area contributed by atoms with Gasteiger partial charge in [0.15, 0.2) is 5.78 Å². The molecule has 4 aromatic rings. The molecular formula is C34H38N2O3S. The van der Waals surface area contributed by atoms with Gasteiger partial charge in [0.1, 0.15) is 24.2 Å². The zero-order valence-corrected chi connectivity index (χ0v) is 24.1. The number of likely N-dealkylation sites (tertiary alicyclic amines) is 2. The molecule has 208 valence electrons. The minimum atomic E-state index is 0.0414. The first kappa shape index (κ1) is 27.0. The van der Waals surface area contributed by atoms with E-state index in [1.807, 2.05) is 48.5 Å². The van der Waals surface area contributed by atoms with Crippen molar-refractivity contribution in [3.63, 3.8) is 0 Å². The quantitative estimate of drug-likeness (QED) is 0.195. The molecule has 0 aliphatic carbocycles. The minimum Gasteiger partial charge on any atom is -0.492 e. The van der Waals surface area contributed by atoms with E-state index in [0.717, 1.165) is 76.6 Å². The molecule has 3 heterocycles. The summed E-state index contributed by atoms with van der Waals surface area (Å²) in [5.41, 5.74) is 2.48. The van der Waals surface area contributed by atoms with E-state index in [1.165, 1.54) is 25.9 Å². The van der Waals surface area contributed by atoms with Gasteiger partial charge >= 0.3 is 0 Å². The zero-order chi connectivity index (χ0) is 27.3. The largest absolute Gasteiger partial charge is 0.492 e. The highest BCUT2D eigenvalue weighted by Crippen LogP contribution is 2.40. The van der Waals surface area contributed by atoms with Crippen LogP contribution in [0.2, 0.25) is 0 Å². The van der Waals surface area contributed by atoms with Gasteiger partial charge in [-0.25, -0.2) is 0 Å². The Bertz CT molecular complexity index is 1420. The Balaban J connectivity index is 1.19. The smallest absolute Gasteiger partial charge is 0.195 e. The SMILES string of the molecule is CCN1CCCC(Oc2ccc(C(=O)c3c(-c4ccc(OCCN5CCCC5)cc4)sc4ccccc34)cc2)C1. The number of benzene rings is 3. The number of rotatable bonds is 10. The van der Waals surface area contributed by atoms with Gasteiger partial charge in [-0.3, -0.25) is 14.6 Å². The third-order valence-electron chi connectivity index (χ3n) is 8.14. The summed E-state index contributed by atoms with van der Waals surface area (Å²) in [4.78, 5) is 19.8. The van der Waals surface area contributed by atoms with Crippen molar-refractivity contribution < 1.29 is 14.3 Å². The van der Waals surface area contributed by atoms with Gasteiger partial charge in [-0.15, -0.1) is 11.3 Å². The summed E-state index contributed by atoms with van der Waals surface area (Å²) >= 11 is 1.67. The number of carbonyl (C=O) groups excluding carboxylic acids is 1. The van der Waals surface area contributed by atoms with Gasteiger partial charge < -0.3 is 9.47 Å². The van der Waals surface area contributed by atoms with Crippen molar-refractivity contribution in [2.75, 3.05) is 45.9 Å². The Labute approximate surface area is 241 Å². The summed E-state index contributed by atoms with van der Waals surface area (Å²) in [7, 11) is 0. The Morgan fingerprint density at radius 3 is 2.38 bits per heavy atom. The predicted octanol–water partition coefficient (Wildman–Crippen LogP) is 7.14. The van der Waals surface area contributed by atoms with Gasteiger partial charge in [-0.2, -0.15) is 0 Å². The molecule has 5 nitrogen and oxygen atoms in total. The fourth-order valence-corrected chi connectivity index (χ4v) is 7.10. The number of hydrogen-bond donors (Lipinski definition) is 0. The highest BCUT2D eigenvalue weighted by molar-refractivity contribution is 7.22. The van der Waals surface area contributed by atoms with E-state index in [-0.39, 0.29) is 11.9 Å². The molecule has 1 unspecified atom stereocenters. The first-order chi connectivity index (χ1) is 19.7. The summed E-state index contributed by atoms with van der Waals surface area (Å²) in [6.07, 6.45) is 5.02. The summed E-state index contributed by atoms with van der Waals surface area (Å²) < 4.78 is 13.4. The normalized spacial score (nSPS) is 18.3. The lowest BCUT2D eigenvalue weighted by molar-refractivity contribution is 0.0919. The van der Waals surface area contributed by atoms with Gasteiger partial charge in [0.2, 0.25) is 0 Å². The van der Waals surface area contributed by atoms with Crippen LogP contribution in [0.1, 0.15) is 48.5 Å². The molecule has 1 atom stereocenters. The second kappa shape index (κ2) is 12.5. The number of carbonyl (C=O) groups is 1. The fraction of sp³-hybridized carbons (Fsp3) is 0.382. The molecule has 3 aromatic carbocycles. The molecular weight excluding hydrogens is 516 g/mol. The van der Waals surface area contributed by atoms with Gasteiger partial charge in [0.05, 0.1) is 0 Å². The number of fused-ring (bicyclic) bond motifs is 1. The molecule has 40 heavy (non-hydrogen) atoms. The monoisotopic (exact) mass is 554 g/mol. The number of ketones is 1. The maximum Gasteiger partial charge on any atom is 0.195 e. The van der Waals surface area contributed by atoms with Crippen molar-refractivity contribution in [3.8, 4) is 21.9 Å². The van der Waals surface area contributed by atoms with Crippen LogP contribution in [0.4, 0.5) is 0 Å². The van der Waals surface area contributed by atoms with E-state index in [9.17, 15) is 4.79 Å². The Morgan fingerprint density at radius 2 is 1.60 bits per heavy atom. The minimum absolute atomic E-state index is 0.0414. The lowest BCUT2D eigenvalue weighted by Crippen LogP contribution is -2.40. The van der Waals surface area contributed by atoms with E-state index < -0.39 is 0 Å². The van der Waals surface area contributed by atoms with Gasteiger partial charge in [-0.05, 0) is 112 Å². The summed E-state index contributed by atoms with van der Waals surface area (Å²) in [5.74, 6) is 1.74. The molecule has 6 heteroatoms. The maximum atomic E-state index is 14.0. The van der Waals surface area contributed by atoms with Crippen LogP contribution in [0.5, 0.6) is 11.5 Å². The molecule has 0 N–H and O–H groups in total. The van der Waals surface area contributed by atoms with Gasteiger partial charge in [0, 0.05) is 39.2 Å². The molecule has 0 bridgehead atoms. The molecule has 1 aromatic heterocycles. The molecule has 0 amide bonds. The number of piperidine rings is 1. The molecule has 0 spiro atoms. The van der Waals surface area contributed by atoms with E-state index >= 15 is 0 Å². The highest BCUT2D eigenvalue weighted by atomic mass is 32.1. The number of hydrogen-bond acceptors (Lipinski definition) is 6. The van der Waals surface area contributed by atoms with Crippen LogP contribution in [0.15, 0.2) is 72.8 Å². The van der Waals surface area contributed by atoms with Crippen LogP contribution in [0, 0.1) is 0 Å². The lowest BCUT2D eigenvalue weighted by atomic mass is 9.97. The molecule has 0 radical (unpaired) electrons. The van der Waals surface area contributed by atoms with Crippen molar-refractivity contribution in [2.45, 2.75) is 38.7 Å². The first-order valence-electron chi connectivity index (χ1n) is 14.7. The van der Waals surface area contributed by atoms with Crippen molar-refractivity contribution in [3.05, 3.63) is 83.9 Å². The maximum absolute atomic E-state index is 14.0. The number of likely N-dealkylation sites (N-methyl/N-ethyl adjacent to an activating group) is 1. The van der Waals surface area contributed by atoms with E-state index in [0.29, 0.717) is 12.2 Å². The third-order valence-corrected chi connectivity index (χ3v) is 9.36. The van der Waals surface area contributed by atoms with E-state index in [4.69, 9.17) is 9.47 Å². The first-order valence-corrected chi connectivity index (χ1v) is 15.5. The van der Waals surface area contributed by atoms with Crippen LogP contribution in [-0.4, -0.2) is 67.6 Å². The van der Waals surface area contributed by atoms with Crippen LogP contribution < -0.4 is 9.47 Å². The lowest BCUT2D eigenvalue weighted by Gasteiger charge is -2.32. The molecule has 2 aliphatic heterocycles. The molecule has 6 rings (SSSR count). The average molecular weight is 555 g/mol. The van der Waals surface area contributed by atoms with Crippen molar-refractivity contribution in [1.29, 1.82) is 0 Å². The second-order valence-corrected chi connectivity index (χ2v) is 11.9. The second-order valence-electron chi connectivity index (χ2n) is 10.9. The standard InChI is InChI=1S/C34H38N2O3S/c1-2-35-21-7-8-29(24-35)39-28-17-11-25(12-18-28)33(37)32-30-9-3-4-10-31(30)40-34(32)26-13-15-27(16-14-26)38-23-22-36-19-5-6-20-36/h3-4,9-18,29H,2,5-8,19-24H2,1H3. The highest BCUT2D eigenvalue weighted by Gasteiger charge is 2.23. The van der Waals surface area contributed by atoms with Gasteiger partial charge in [0.25, 0.3) is 0 Å². The van der Waals surface area contributed by atoms with Crippen molar-refractivity contribution in [1.82, 2.24) is 9.80 Å². The average Bonchev–Trinajstić information content (AvgIpc) is 3.66.